The second-order valence-electron chi connectivity index (χ2n) is 5.84. The second-order valence-corrected chi connectivity index (χ2v) is 5.84. The van der Waals surface area contributed by atoms with Crippen molar-refractivity contribution < 1.29 is 0 Å². The highest BCUT2D eigenvalue weighted by Gasteiger charge is 1.93. The highest BCUT2D eigenvalue weighted by atomic mass is 14.8. The third-order valence-corrected chi connectivity index (χ3v) is 3.88. The summed E-state index contributed by atoms with van der Waals surface area (Å²) in [6.07, 6.45) is 20.2. The number of unbranched alkanes of at least 4 members (excludes halogenated alkanes) is 13. The summed E-state index contributed by atoms with van der Waals surface area (Å²) >= 11 is 0. The Hall–Kier alpha value is -0.0400. The van der Waals surface area contributed by atoms with Gasteiger partial charge in [-0.3, -0.25) is 0 Å². The van der Waals surface area contributed by atoms with Crippen LogP contribution >= 0.6 is 0 Å². The lowest BCUT2D eigenvalue weighted by Gasteiger charge is -2.03. The smallest absolute Gasteiger partial charge is 0.0190 e. The van der Waals surface area contributed by atoms with Gasteiger partial charge in [0.05, 0.1) is 0 Å². The molecule has 0 spiro atoms. The summed E-state index contributed by atoms with van der Waals surface area (Å²) < 4.78 is 0. The molecule has 1 nitrogen and oxygen atoms in total. The van der Waals surface area contributed by atoms with Gasteiger partial charge in [0.25, 0.3) is 0 Å². The van der Waals surface area contributed by atoms with Crippen LogP contribution in [0.4, 0.5) is 0 Å². The van der Waals surface area contributed by atoms with E-state index in [9.17, 15) is 0 Å². The Labute approximate surface area is 122 Å². The summed E-state index contributed by atoms with van der Waals surface area (Å²) in [6, 6.07) is 0. The molecule has 0 aliphatic heterocycles. The second kappa shape index (κ2) is 18.0. The minimum Gasteiger partial charge on any atom is -0.313 e. The highest BCUT2D eigenvalue weighted by molar-refractivity contribution is 4.54. The van der Waals surface area contributed by atoms with Crippen LogP contribution < -0.4 is 5.32 Å². The normalized spacial score (nSPS) is 11.1. The van der Waals surface area contributed by atoms with Crippen molar-refractivity contribution in [3.8, 4) is 0 Å². The van der Waals surface area contributed by atoms with Crippen LogP contribution in [-0.4, -0.2) is 6.54 Å². The molecule has 1 heteroatoms. The standard InChI is InChI=1S/C18H38N/c1-3-5-6-7-8-9-10-11-12-13-14-15-16-17-18-19-4-2/h4,19H,3,5-18H2,1-2H3. The molecule has 1 N–H and O–H groups in total. The van der Waals surface area contributed by atoms with Gasteiger partial charge in [-0.05, 0) is 19.9 Å². The van der Waals surface area contributed by atoms with Crippen LogP contribution in [0.25, 0.3) is 0 Å². The molecule has 0 fully saturated rings. The lowest BCUT2D eigenvalue weighted by atomic mass is 10.0. The third kappa shape index (κ3) is 18.0. The molecule has 0 heterocycles. The molecule has 0 bridgehead atoms. The lowest BCUT2D eigenvalue weighted by Crippen LogP contribution is -2.08. The van der Waals surface area contributed by atoms with Gasteiger partial charge in [0.2, 0.25) is 0 Å². The molecule has 0 aromatic heterocycles. The van der Waals surface area contributed by atoms with Crippen molar-refractivity contribution in [2.24, 2.45) is 0 Å². The lowest BCUT2D eigenvalue weighted by molar-refractivity contribution is 0.533. The van der Waals surface area contributed by atoms with E-state index in [1.807, 2.05) is 6.54 Å². The first-order chi connectivity index (χ1) is 9.41. The Morgan fingerprint density at radius 3 is 1.32 bits per heavy atom. The van der Waals surface area contributed by atoms with E-state index in [-0.39, 0.29) is 0 Å². The Morgan fingerprint density at radius 2 is 0.947 bits per heavy atom. The SMILES string of the molecule is C[CH]NCCCCCCCCCCCCCCCC. The predicted molar refractivity (Wildman–Crippen MR) is 88.3 cm³/mol. The number of rotatable bonds is 16. The van der Waals surface area contributed by atoms with Gasteiger partial charge in [-0.2, -0.15) is 0 Å². The Kier molecular flexibility index (Phi) is 17.9. The van der Waals surface area contributed by atoms with Crippen LogP contribution in [0.5, 0.6) is 0 Å². The maximum Gasteiger partial charge on any atom is 0.0190 e. The van der Waals surface area contributed by atoms with E-state index in [1.54, 1.807) is 0 Å². The van der Waals surface area contributed by atoms with Crippen LogP contribution in [0.1, 0.15) is 104 Å². The molecule has 0 saturated carbocycles. The zero-order chi connectivity index (χ0) is 14.0. The fraction of sp³-hybridized carbons (Fsp3) is 0.944. The van der Waals surface area contributed by atoms with Crippen molar-refractivity contribution in [2.45, 2.75) is 104 Å². The molecule has 115 valence electrons. The van der Waals surface area contributed by atoms with Crippen LogP contribution in [-0.2, 0) is 0 Å². The fourth-order valence-electron chi connectivity index (χ4n) is 2.57. The van der Waals surface area contributed by atoms with E-state index in [2.05, 4.69) is 19.2 Å². The molecule has 0 aromatic rings. The molecule has 0 unspecified atom stereocenters. The van der Waals surface area contributed by atoms with E-state index in [1.165, 1.54) is 89.9 Å². The van der Waals surface area contributed by atoms with E-state index < -0.39 is 0 Å². The molecule has 0 saturated heterocycles. The molecule has 0 aliphatic rings. The Bertz CT molecular complexity index is 129. The molecular formula is C18H38N. The van der Waals surface area contributed by atoms with Crippen LogP contribution in [0.3, 0.4) is 0 Å². The van der Waals surface area contributed by atoms with Gasteiger partial charge in [0, 0.05) is 6.54 Å². The summed E-state index contributed by atoms with van der Waals surface area (Å²) in [5.41, 5.74) is 0. The van der Waals surface area contributed by atoms with Gasteiger partial charge in [-0.25, -0.2) is 0 Å². The zero-order valence-electron chi connectivity index (χ0n) is 13.7. The van der Waals surface area contributed by atoms with E-state index >= 15 is 0 Å². The summed E-state index contributed by atoms with van der Waals surface area (Å²) in [5, 5.41) is 3.27. The molecule has 0 amide bonds. The topological polar surface area (TPSA) is 12.0 Å². The van der Waals surface area contributed by atoms with Gasteiger partial charge < -0.3 is 5.32 Å². The summed E-state index contributed by atoms with van der Waals surface area (Å²) in [4.78, 5) is 0. The first-order valence-electron chi connectivity index (χ1n) is 8.93. The number of nitrogens with one attached hydrogen (secondary N) is 1. The number of hydrogen-bond acceptors (Lipinski definition) is 1. The molecule has 19 heavy (non-hydrogen) atoms. The molecule has 0 aliphatic carbocycles. The van der Waals surface area contributed by atoms with Crippen molar-refractivity contribution in [1.29, 1.82) is 0 Å². The third-order valence-electron chi connectivity index (χ3n) is 3.88. The van der Waals surface area contributed by atoms with Crippen molar-refractivity contribution in [3.63, 3.8) is 0 Å². The maximum absolute atomic E-state index is 3.27. The first kappa shape index (κ1) is 19.0. The molecule has 0 rings (SSSR count). The minimum absolute atomic E-state index is 1.16. The number of hydrogen-bond donors (Lipinski definition) is 1. The van der Waals surface area contributed by atoms with E-state index in [0.717, 1.165) is 6.54 Å². The summed E-state index contributed by atoms with van der Waals surface area (Å²) in [7, 11) is 0. The Morgan fingerprint density at radius 1 is 0.579 bits per heavy atom. The average molecular weight is 269 g/mol. The largest absolute Gasteiger partial charge is 0.313 e. The van der Waals surface area contributed by atoms with Crippen LogP contribution in [0.15, 0.2) is 0 Å². The van der Waals surface area contributed by atoms with Gasteiger partial charge in [0.1, 0.15) is 0 Å². The fourth-order valence-corrected chi connectivity index (χ4v) is 2.57. The van der Waals surface area contributed by atoms with Crippen molar-refractivity contribution in [2.75, 3.05) is 6.54 Å². The van der Waals surface area contributed by atoms with Crippen molar-refractivity contribution in [1.82, 2.24) is 5.32 Å². The summed E-state index contributed by atoms with van der Waals surface area (Å²) in [6.45, 7) is 7.55. The van der Waals surface area contributed by atoms with Crippen LogP contribution in [0, 0.1) is 6.54 Å². The van der Waals surface area contributed by atoms with Gasteiger partial charge >= 0.3 is 0 Å². The minimum atomic E-state index is 1.16. The van der Waals surface area contributed by atoms with E-state index in [0.29, 0.717) is 0 Å². The average Bonchev–Trinajstić information content (AvgIpc) is 2.43. The van der Waals surface area contributed by atoms with Crippen molar-refractivity contribution in [3.05, 3.63) is 6.54 Å². The summed E-state index contributed by atoms with van der Waals surface area (Å²) in [5.74, 6) is 0. The molecule has 0 aromatic carbocycles. The quantitative estimate of drug-likeness (QED) is 0.327. The van der Waals surface area contributed by atoms with Gasteiger partial charge in [-0.1, -0.05) is 90.4 Å². The van der Waals surface area contributed by atoms with Crippen molar-refractivity contribution >= 4 is 0 Å². The monoisotopic (exact) mass is 268 g/mol. The predicted octanol–water partition coefficient (Wildman–Crippen LogP) is 6.24. The van der Waals surface area contributed by atoms with Crippen LogP contribution in [0.2, 0.25) is 0 Å². The first-order valence-corrected chi connectivity index (χ1v) is 8.93. The zero-order valence-corrected chi connectivity index (χ0v) is 13.7. The van der Waals surface area contributed by atoms with E-state index in [4.69, 9.17) is 0 Å². The molecular weight excluding hydrogens is 230 g/mol. The maximum atomic E-state index is 3.27. The molecule has 1 radical (unpaired) electrons. The van der Waals surface area contributed by atoms with Gasteiger partial charge in [0.15, 0.2) is 0 Å². The highest BCUT2D eigenvalue weighted by Crippen LogP contribution is 2.12. The molecule has 0 atom stereocenters. The van der Waals surface area contributed by atoms with Gasteiger partial charge in [-0.15, -0.1) is 0 Å². The Balaban J connectivity index is 2.88.